The van der Waals surface area contributed by atoms with Crippen molar-refractivity contribution in [3.05, 3.63) is 11.1 Å². The smallest absolute Gasteiger partial charge is 0.261 e. The van der Waals surface area contributed by atoms with Crippen LogP contribution in [0.2, 0.25) is 0 Å². The molecule has 0 unspecified atom stereocenters. The third-order valence-corrected chi connectivity index (χ3v) is 1.36. The number of hydrazine groups is 1. The molecule has 0 aliphatic heterocycles. The van der Waals surface area contributed by atoms with Gasteiger partial charge < -0.3 is 0 Å². The molecular weight excluding hydrogens is 128 g/mol. The maximum absolute atomic E-state index is 10.9. The van der Waals surface area contributed by atoms with Gasteiger partial charge in [-0.2, -0.15) is 0 Å². The second-order valence-electron chi connectivity index (χ2n) is 2.31. The lowest BCUT2D eigenvalue weighted by atomic mass is 10.1. The SMILES string of the molecule is CCC(C(=O)NN)=C(C)C. The average Bonchev–Trinajstić information content (AvgIpc) is 1.88. The van der Waals surface area contributed by atoms with E-state index in [9.17, 15) is 4.79 Å². The van der Waals surface area contributed by atoms with E-state index in [4.69, 9.17) is 5.84 Å². The quantitative estimate of drug-likeness (QED) is 0.258. The fourth-order valence-electron chi connectivity index (χ4n) is 0.828. The van der Waals surface area contributed by atoms with Gasteiger partial charge in [0.15, 0.2) is 0 Å². The summed E-state index contributed by atoms with van der Waals surface area (Å²) in [4.78, 5) is 10.9. The molecule has 0 rings (SSSR count). The molecule has 0 aliphatic carbocycles. The minimum absolute atomic E-state index is 0.178. The van der Waals surface area contributed by atoms with E-state index < -0.39 is 0 Å². The molecule has 0 aromatic heterocycles. The van der Waals surface area contributed by atoms with Crippen molar-refractivity contribution in [1.29, 1.82) is 0 Å². The predicted molar refractivity (Wildman–Crippen MR) is 41.0 cm³/mol. The van der Waals surface area contributed by atoms with Gasteiger partial charge >= 0.3 is 0 Å². The fraction of sp³-hybridized carbons (Fsp3) is 0.571. The lowest BCUT2D eigenvalue weighted by Gasteiger charge is -2.03. The van der Waals surface area contributed by atoms with Crippen molar-refractivity contribution < 1.29 is 4.79 Å². The van der Waals surface area contributed by atoms with E-state index in [0.717, 1.165) is 17.6 Å². The zero-order valence-corrected chi connectivity index (χ0v) is 6.69. The molecule has 0 saturated heterocycles. The molecule has 58 valence electrons. The molecule has 3 nitrogen and oxygen atoms in total. The molecule has 0 saturated carbocycles. The summed E-state index contributed by atoms with van der Waals surface area (Å²) in [5.74, 6) is 4.77. The molecular formula is C7H14N2O. The number of rotatable bonds is 2. The summed E-state index contributed by atoms with van der Waals surface area (Å²) in [5.41, 5.74) is 3.89. The molecule has 10 heavy (non-hydrogen) atoms. The topological polar surface area (TPSA) is 55.1 Å². The van der Waals surface area contributed by atoms with Gasteiger partial charge in [-0.05, 0) is 20.3 Å². The minimum Gasteiger partial charge on any atom is -0.290 e. The van der Waals surface area contributed by atoms with Crippen LogP contribution in [0.5, 0.6) is 0 Å². The van der Waals surface area contributed by atoms with Gasteiger partial charge in [-0.25, -0.2) is 5.84 Å². The van der Waals surface area contributed by atoms with E-state index in [1.165, 1.54) is 0 Å². The largest absolute Gasteiger partial charge is 0.290 e. The van der Waals surface area contributed by atoms with Crippen LogP contribution in [0.15, 0.2) is 11.1 Å². The van der Waals surface area contributed by atoms with Crippen LogP contribution in [0.25, 0.3) is 0 Å². The van der Waals surface area contributed by atoms with Gasteiger partial charge in [-0.1, -0.05) is 12.5 Å². The monoisotopic (exact) mass is 142 g/mol. The summed E-state index contributed by atoms with van der Waals surface area (Å²) in [6, 6.07) is 0. The van der Waals surface area contributed by atoms with Crippen LogP contribution in [0, 0.1) is 0 Å². The first-order chi connectivity index (χ1) is 4.63. The number of nitrogens with two attached hydrogens (primary N) is 1. The van der Waals surface area contributed by atoms with Gasteiger partial charge in [0.1, 0.15) is 0 Å². The zero-order chi connectivity index (χ0) is 8.15. The number of hydrogen-bond acceptors (Lipinski definition) is 2. The number of allylic oxidation sites excluding steroid dienone is 1. The molecule has 0 spiro atoms. The molecule has 1 amide bonds. The molecule has 3 heteroatoms. The highest BCUT2D eigenvalue weighted by atomic mass is 16.2. The van der Waals surface area contributed by atoms with Gasteiger partial charge in [-0.3, -0.25) is 10.2 Å². The first-order valence-electron chi connectivity index (χ1n) is 3.30. The van der Waals surface area contributed by atoms with Crippen LogP contribution >= 0.6 is 0 Å². The van der Waals surface area contributed by atoms with Gasteiger partial charge in [0.25, 0.3) is 5.91 Å². The summed E-state index contributed by atoms with van der Waals surface area (Å²) in [6.07, 6.45) is 0.728. The normalized spacial score (nSPS) is 8.80. The van der Waals surface area contributed by atoms with Crippen LogP contribution in [0.1, 0.15) is 27.2 Å². The Morgan fingerprint density at radius 2 is 2.00 bits per heavy atom. The lowest BCUT2D eigenvalue weighted by molar-refractivity contribution is -0.117. The van der Waals surface area contributed by atoms with Crippen LogP contribution in [-0.4, -0.2) is 5.91 Å². The first-order valence-corrected chi connectivity index (χ1v) is 3.30. The maximum Gasteiger partial charge on any atom is 0.261 e. The standard InChI is InChI=1S/C7H14N2O/c1-4-6(5(2)3)7(10)9-8/h4,8H2,1-3H3,(H,9,10). The Balaban J connectivity index is 4.37. The average molecular weight is 142 g/mol. The Morgan fingerprint density at radius 3 is 2.10 bits per heavy atom. The zero-order valence-electron chi connectivity index (χ0n) is 6.69. The number of carbonyl (C=O) groups excluding carboxylic acids is 1. The number of hydrogen-bond donors (Lipinski definition) is 2. The minimum atomic E-state index is -0.178. The number of nitrogens with one attached hydrogen (secondary N) is 1. The Kier molecular flexibility index (Phi) is 3.72. The summed E-state index contributed by atoms with van der Waals surface area (Å²) < 4.78 is 0. The van der Waals surface area contributed by atoms with Crippen molar-refractivity contribution in [2.24, 2.45) is 5.84 Å². The molecule has 0 aromatic carbocycles. The van der Waals surface area contributed by atoms with Crippen LogP contribution in [0.3, 0.4) is 0 Å². The van der Waals surface area contributed by atoms with Crippen molar-refractivity contribution >= 4 is 5.91 Å². The van der Waals surface area contributed by atoms with Gasteiger partial charge in [0.05, 0.1) is 0 Å². The second kappa shape index (κ2) is 4.06. The van der Waals surface area contributed by atoms with Crippen molar-refractivity contribution in [2.45, 2.75) is 27.2 Å². The van der Waals surface area contributed by atoms with E-state index in [2.05, 4.69) is 5.43 Å². The van der Waals surface area contributed by atoms with Crippen LogP contribution in [0.4, 0.5) is 0 Å². The van der Waals surface area contributed by atoms with E-state index in [1.807, 2.05) is 20.8 Å². The molecule has 0 aliphatic rings. The van der Waals surface area contributed by atoms with E-state index in [-0.39, 0.29) is 5.91 Å². The Morgan fingerprint density at radius 1 is 1.50 bits per heavy atom. The Hall–Kier alpha value is -0.830. The summed E-state index contributed by atoms with van der Waals surface area (Å²) in [6.45, 7) is 5.72. The second-order valence-corrected chi connectivity index (χ2v) is 2.31. The molecule has 0 radical (unpaired) electrons. The maximum atomic E-state index is 10.9. The van der Waals surface area contributed by atoms with Gasteiger partial charge in [-0.15, -0.1) is 0 Å². The van der Waals surface area contributed by atoms with Crippen LogP contribution < -0.4 is 11.3 Å². The summed E-state index contributed by atoms with van der Waals surface area (Å²) >= 11 is 0. The number of carbonyl (C=O) groups is 1. The predicted octanol–water partition coefficient (Wildman–Crippen LogP) is 0.723. The van der Waals surface area contributed by atoms with Gasteiger partial charge in [0, 0.05) is 5.57 Å². The lowest BCUT2D eigenvalue weighted by Crippen LogP contribution is -2.31. The van der Waals surface area contributed by atoms with Gasteiger partial charge in [0.2, 0.25) is 0 Å². The highest BCUT2D eigenvalue weighted by Gasteiger charge is 2.05. The van der Waals surface area contributed by atoms with Crippen molar-refractivity contribution in [3.8, 4) is 0 Å². The Bertz CT molecular complexity index is 157. The van der Waals surface area contributed by atoms with E-state index >= 15 is 0 Å². The highest BCUT2D eigenvalue weighted by molar-refractivity contribution is 5.93. The van der Waals surface area contributed by atoms with E-state index in [0.29, 0.717) is 0 Å². The third-order valence-electron chi connectivity index (χ3n) is 1.36. The Labute approximate surface area is 61.3 Å². The summed E-state index contributed by atoms with van der Waals surface area (Å²) in [7, 11) is 0. The molecule has 3 N–H and O–H groups in total. The molecule has 0 aromatic rings. The summed E-state index contributed by atoms with van der Waals surface area (Å²) in [5, 5.41) is 0. The molecule has 0 bridgehead atoms. The number of amides is 1. The molecule has 0 atom stereocenters. The highest BCUT2D eigenvalue weighted by Crippen LogP contribution is 2.06. The van der Waals surface area contributed by atoms with Crippen molar-refractivity contribution in [3.63, 3.8) is 0 Å². The van der Waals surface area contributed by atoms with E-state index in [1.54, 1.807) is 0 Å². The third kappa shape index (κ3) is 2.19. The molecule has 0 fully saturated rings. The van der Waals surface area contributed by atoms with Crippen molar-refractivity contribution in [2.75, 3.05) is 0 Å². The first kappa shape index (κ1) is 9.17. The fourth-order valence-corrected chi connectivity index (χ4v) is 0.828. The molecule has 0 heterocycles. The van der Waals surface area contributed by atoms with Crippen LogP contribution in [-0.2, 0) is 4.79 Å². The van der Waals surface area contributed by atoms with Crippen molar-refractivity contribution in [1.82, 2.24) is 5.43 Å².